The minimum absolute atomic E-state index is 0.0892. The van der Waals surface area contributed by atoms with Crippen molar-refractivity contribution in [1.82, 2.24) is 24.5 Å². The Bertz CT molecular complexity index is 974. The number of hydrogen-bond acceptors (Lipinski definition) is 4. The first-order valence-electron chi connectivity index (χ1n) is 8.51. The zero-order chi connectivity index (χ0) is 18.3. The fraction of sp³-hybridized carbons (Fsp3) is 0.333. The molecule has 1 aliphatic rings. The molecule has 3 aromatic rings. The first-order chi connectivity index (χ1) is 12.6. The van der Waals surface area contributed by atoms with Crippen LogP contribution in [-0.2, 0) is 6.54 Å². The lowest BCUT2D eigenvalue weighted by Gasteiger charge is -2.31. The number of rotatable bonds is 4. The number of aryl methyl sites for hydroxylation is 1. The zero-order valence-corrected chi connectivity index (χ0v) is 16.0. The molecular formula is C18H18Cl2N6. The molecule has 8 heteroatoms. The Morgan fingerprint density at radius 3 is 2.73 bits per heavy atom. The molecular weight excluding hydrogens is 371 g/mol. The maximum Gasteiger partial charge on any atom is 0.150 e. The monoisotopic (exact) mass is 388 g/mol. The van der Waals surface area contributed by atoms with E-state index < -0.39 is 0 Å². The molecule has 0 saturated heterocycles. The summed E-state index contributed by atoms with van der Waals surface area (Å²) in [5.41, 5.74) is 1.98. The van der Waals surface area contributed by atoms with E-state index in [1.807, 2.05) is 40.6 Å². The van der Waals surface area contributed by atoms with Crippen LogP contribution in [0.25, 0.3) is 0 Å². The molecule has 0 amide bonds. The van der Waals surface area contributed by atoms with Crippen LogP contribution in [0.3, 0.4) is 0 Å². The van der Waals surface area contributed by atoms with Gasteiger partial charge in [0.05, 0.1) is 28.2 Å². The van der Waals surface area contributed by atoms with E-state index in [4.69, 9.17) is 28.2 Å². The fourth-order valence-corrected chi connectivity index (χ4v) is 3.79. The van der Waals surface area contributed by atoms with Gasteiger partial charge in [0, 0.05) is 18.3 Å². The van der Waals surface area contributed by atoms with E-state index in [1.54, 1.807) is 12.5 Å². The standard InChI is InChI=1S/C18H18Cl2N6/c1-3-8-25-18(21-10-23-25)16-11(2)24-15-6-7-22-26(15)17(16)12-4-5-13(19)14(20)9-12/h4-7,9-10,16-17H,3,8H2,1-2H3/t16?,17-/m1/s1. The molecule has 0 aliphatic carbocycles. The molecule has 0 N–H and O–H groups in total. The topological polar surface area (TPSA) is 60.9 Å². The van der Waals surface area contributed by atoms with Crippen LogP contribution in [-0.4, -0.2) is 30.3 Å². The summed E-state index contributed by atoms with van der Waals surface area (Å²) in [6, 6.07) is 7.48. The van der Waals surface area contributed by atoms with Gasteiger partial charge in [0.15, 0.2) is 5.82 Å². The number of hydrogen-bond donors (Lipinski definition) is 0. The number of aliphatic imine (C=N–C) groups is 1. The van der Waals surface area contributed by atoms with Crippen molar-refractivity contribution in [3.05, 3.63) is 58.2 Å². The summed E-state index contributed by atoms with van der Waals surface area (Å²) >= 11 is 12.4. The molecule has 1 unspecified atom stereocenters. The van der Waals surface area contributed by atoms with E-state index in [0.29, 0.717) is 10.0 Å². The second-order valence-electron chi connectivity index (χ2n) is 6.32. The van der Waals surface area contributed by atoms with Crippen molar-refractivity contribution in [1.29, 1.82) is 0 Å². The fourth-order valence-electron chi connectivity index (χ4n) is 3.49. The van der Waals surface area contributed by atoms with Crippen LogP contribution >= 0.6 is 23.2 Å². The third kappa shape index (κ3) is 2.83. The Morgan fingerprint density at radius 1 is 1.12 bits per heavy atom. The van der Waals surface area contributed by atoms with Gasteiger partial charge in [0.1, 0.15) is 12.2 Å². The Balaban J connectivity index is 1.90. The minimum Gasteiger partial charge on any atom is -0.249 e. The highest BCUT2D eigenvalue weighted by Crippen LogP contribution is 2.42. The summed E-state index contributed by atoms with van der Waals surface area (Å²) in [6.07, 6.45) is 4.34. The van der Waals surface area contributed by atoms with Gasteiger partial charge in [0.25, 0.3) is 0 Å². The Morgan fingerprint density at radius 2 is 1.96 bits per heavy atom. The summed E-state index contributed by atoms with van der Waals surface area (Å²) in [5.74, 6) is 1.61. The van der Waals surface area contributed by atoms with Gasteiger partial charge in [-0.25, -0.2) is 19.3 Å². The number of aromatic nitrogens is 5. The largest absolute Gasteiger partial charge is 0.249 e. The van der Waals surface area contributed by atoms with Crippen LogP contribution in [0.4, 0.5) is 5.82 Å². The van der Waals surface area contributed by atoms with Crippen LogP contribution in [0.2, 0.25) is 10.0 Å². The summed E-state index contributed by atoms with van der Waals surface area (Å²) in [4.78, 5) is 9.29. The third-order valence-electron chi connectivity index (χ3n) is 4.61. The van der Waals surface area contributed by atoms with Gasteiger partial charge < -0.3 is 0 Å². The predicted molar refractivity (Wildman–Crippen MR) is 103 cm³/mol. The second-order valence-corrected chi connectivity index (χ2v) is 7.14. The van der Waals surface area contributed by atoms with Crippen LogP contribution in [0, 0.1) is 0 Å². The van der Waals surface area contributed by atoms with E-state index in [1.165, 1.54) is 0 Å². The van der Waals surface area contributed by atoms with Gasteiger partial charge in [-0.1, -0.05) is 36.2 Å². The highest BCUT2D eigenvalue weighted by molar-refractivity contribution is 6.42. The molecule has 3 heterocycles. The van der Waals surface area contributed by atoms with Gasteiger partial charge >= 0.3 is 0 Å². The summed E-state index contributed by atoms with van der Waals surface area (Å²) < 4.78 is 3.87. The molecule has 26 heavy (non-hydrogen) atoms. The molecule has 0 spiro atoms. The molecule has 0 bridgehead atoms. The SMILES string of the molecule is CCCn1ncnc1C1C(C)=Nc2ccnn2[C@@H]1c1ccc(Cl)c(Cl)c1. The van der Waals surface area contributed by atoms with Crippen molar-refractivity contribution in [2.45, 2.75) is 38.8 Å². The Labute approximate surface area is 161 Å². The van der Waals surface area contributed by atoms with E-state index in [-0.39, 0.29) is 12.0 Å². The molecule has 0 saturated carbocycles. The normalized spacial score (nSPS) is 19.3. The van der Waals surface area contributed by atoms with Gasteiger partial charge in [-0.15, -0.1) is 0 Å². The van der Waals surface area contributed by atoms with Crippen LogP contribution in [0.15, 0.2) is 41.8 Å². The van der Waals surface area contributed by atoms with E-state index >= 15 is 0 Å². The van der Waals surface area contributed by atoms with Crippen LogP contribution < -0.4 is 0 Å². The lowest BCUT2D eigenvalue weighted by atomic mass is 9.87. The molecule has 0 radical (unpaired) electrons. The highest BCUT2D eigenvalue weighted by Gasteiger charge is 2.37. The van der Waals surface area contributed by atoms with Crippen molar-refractivity contribution in [3.63, 3.8) is 0 Å². The zero-order valence-electron chi connectivity index (χ0n) is 14.5. The smallest absolute Gasteiger partial charge is 0.150 e. The van der Waals surface area contributed by atoms with E-state index in [2.05, 4.69) is 22.1 Å². The number of fused-ring (bicyclic) bond motifs is 1. The van der Waals surface area contributed by atoms with Gasteiger partial charge in [-0.2, -0.15) is 10.2 Å². The number of halogens is 2. The lowest BCUT2D eigenvalue weighted by molar-refractivity contribution is 0.451. The summed E-state index contributed by atoms with van der Waals surface area (Å²) in [6.45, 7) is 4.95. The lowest BCUT2D eigenvalue weighted by Crippen LogP contribution is -2.31. The van der Waals surface area contributed by atoms with Crippen molar-refractivity contribution < 1.29 is 0 Å². The van der Waals surface area contributed by atoms with Gasteiger partial charge in [-0.3, -0.25) is 0 Å². The highest BCUT2D eigenvalue weighted by atomic mass is 35.5. The van der Waals surface area contributed by atoms with Crippen molar-refractivity contribution in [3.8, 4) is 0 Å². The molecule has 134 valence electrons. The third-order valence-corrected chi connectivity index (χ3v) is 5.35. The Kier molecular flexibility index (Phi) is 4.54. The maximum atomic E-state index is 6.30. The second kappa shape index (κ2) is 6.85. The van der Waals surface area contributed by atoms with E-state index in [9.17, 15) is 0 Å². The molecule has 4 rings (SSSR count). The average molecular weight is 389 g/mol. The summed E-state index contributed by atoms with van der Waals surface area (Å²) in [7, 11) is 0. The summed E-state index contributed by atoms with van der Waals surface area (Å²) in [5, 5.41) is 9.96. The first-order valence-corrected chi connectivity index (χ1v) is 9.27. The van der Waals surface area contributed by atoms with Gasteiger partial charge in [-0.05, 0) is 31.0 Å². The number of nitrogens with zero attached hydrogens (tertiary/aromatic N) is 6. The predicted octanol–water partition coefficient (Wildman–Crippen LogP) is 4.67. The number of benzene rings is 1. The maximum absolute atomic E-state index is 6.30. The first kappa shape index (κ1) is 17.2. The quantitative estimate of drug-likeness (QED) is 0.652. The molecule has 6 nitrogen and oxygen atoms in total. The van der Waals surface area contributed by atoms with Crippen molar-refractivity contribution >= 4 is 34.7 Å². The molecule has 2 atom stereocenters. The van der Waals surface area contributed by atoms with Gasteiger partial charge in [0.2, 0.25) is 0 Å². The van der Waals surface area contributed by atoms with Crippen molar-refractivity contribution in [2.24, 2.45) is 4.99 Å². The minimum atomic E-state index is -0.118. The average Bonchev–Trinajstić information content (AvgIpc) is 3.25. The molecule has 1 aromatic carbocycles. The van der Waals surface area contributed by atoms with E-state index in [0.717, 1.165) is 35.9 Å². The molecule has 0 fully saturated rings. The molecule has 1 aliphatic heterocycles. The molecule has 2 aromatic heterocycles. The van der Waals surface area contributed by atoms with Crippen LogP contribution in [0.1, 0.15) is 43.6 Å². The van der Waals surface area contributed by atoms with Crippen molar-refractivity contribution in [2.75, 3.05) is 0 Å². The Hall–Kier alpha value is -2.18. The van der Waals surface area contributed by atoms with Crippen LogP contribution in [0.5, 0.6) is 0 Å².